The van der Waals surface area contributed by atoms with E-state index >= 15 is 0 Å². The average Bonchev–Trinajstić information content (AvgIpc) is 3.49. The van der Waals surface area contributed by atoms with E-state index in [4.69, 9.17) is 20.9 Å². The maximum Gasteiger partial charge on any atom is 0.244 e. The van der Waals surface area contributed by atoms with Gasteiger partial charge in [0.1, 0.15) is 35.7 Å². The summed E-state index contributed by atoms with van der Waals surface area (Å²) < 4.78 is 27.1. The smallest absolute Gasteiger partial charge is 0.244 e. The molecule has 0 saturated carbocycles. The lowest BCUT2D eigenvalue weighted by Crippen LogP contribution is -2.34. The summed E-state index contributed by atoms with van der Waals surface area (Å²) in [4.78, 5) is 17.3. The third-order valence-corrected chi connectivity index (χ3v) is 7.13. The molecular formula is C34H42FN7O3. The first kappa shape index (κ1) is 33.0. The van der Waals surface area contributed by atoms with Crippen LogP contribution in [0, 0.1) is 11.7 Å². The number of para-hydroxylation sites is 2. The van der Waals surface area contributed by atoms with Gasteiger partial charge in [0.05, 0.1) is 12.8 Å². The molecule has 1 atom stereocenters. The molecular weight excluding hydrogens is 573 g/mol. The van der Waals surface area contributed by atoms with Crippen molar-refractivity contribution in [2.45, 2.75) is 52.2 Å². The van der Waals surface area contributed by atoms with Crippen LogP contribution in [0.25, 0.3) is 11.1 Å². The Labute approximate surface area is 263 Å². The minimum atomic E-state index is -0.629. The number of hydrogen-bond donors (Lipinski definition) is 3. The molecule has 1 heterocycles. The number of halogens is 1. The highest BCUT2D eigenvalue weighted by molar-refractivity contribution is 5.80. The summed E-state index contributed by atoms with van der Waals surface area (Å²) in [6.45, 7) is 5.90. The maximum absolute atomic E-state index is 13.3. The molecule has 0 saturated heterocycles. The Bertz CT molecular complexity index is 1530. The van der Waals surface area contributed by atoms with Crippen molar-refractivity contribution in [3.8, 4) is 22.6 Å². The molecule has 11 heteroatoms. The van der Waals surface area contributed by atoms with E-state index < -0.39 is 6.04 Å². The molecule has 0 unspecified atom stereocenters. The Morgan fingerprint density at radius 3 is 2.29 bits per heavy atom. The lowest BCUT2D eigenvalue weighted by molar-refractivity contribution is -0.124. The number of ether oxygens (including phenoxy) is 2. The zero-order valence-corrected chi connectivity index (χ0v) is 25.9. The third kappa shape index (κ3) is 10.3. The van der Waals surface area contributed by atoms with E-state index in [2.05, 4.69) is 34.5 Å². The molecule has 1 aromatic heterocycles. The Morgan fingerprint density at radius 1 is 0.956 bits per heavy atom. The summed E-state index contributed by atoms with van der Waals surface area (Å²) in [6.07, 6.45) is 4.25. The molecule has 0 aliphatic rings. The molecule has 4 rings (SSSR count). The van der Waals surface area contributed by atoms with Crippen LogP contribution in [-0.4, -0.2) is 46.6 Å². The molecule has 0 aliphatic carbocycles. The molecule has 45 heavy (non-hydrogen) atoms. The van der Waals surface area contributed by atoms with E-state index in [1.54, 1.807) is 23.0 Å². The number of amides is 1. The van der Waals surface area contributed by atoms with E-state index in [0.29, 0.717) is 56.3 Å². The van der Waals surface area contributed by atoms with Crippen LogP contribution in [0.1, 0.15) is 50.4 Å². The normalized spacial score (nSPS) is 11.6. The zero-order chi connectivity index (χ0) is 32.0. The van der Waals surface area contributed by atoms with E-state index in [1.807, 2.05) is 48.5 Å². The summed E-state index contributed by atoms with van der Waals surface area (Å²) in [5.74, 6) is 1.52. The predicted molar refractivity (Wildman–Crippen MR) is 173 cm³/mol. The Kier molecular flexibility index (Phi) is 12.3. The van der Waals surface area contributed by atoms with Crippen LogP contribution >= 0.6 is 0 Å². The molecule has 10 nitrogen and oxygen atoms in total. The molecule has 3 aromatic carbocycles. The molecule has 0 bridgehead atoms. The number of aliphatic imine (C=N–C) groups is 1. The Morgan fingerprint density at radius 2 is 1.62 bits per heavy atom. The summed E-state index contributed by atoms with van der Waals surface area (Å²) in [6, 6.07) is 21.3. The van der Waals surface area contributed by atoms with E-state index in [9.17, 15) is 9.18 Å². The molecule has 238 valence electrons. The highest BCUT2D eigenvalue weighted by Crippen LogP contribution is 2.36. The fourth-order valence-corrected chi connectivity index (χ4v) is 4.69. The Balaban J connectivity index is 1.43. The second-order valence-corrected chi connectivity index (χ2v) is 11.1. The van der Waals surface area contributed by atoms with Gasteiger partial charge in [0, 0.05) is 24.2 Å². The minimum absolute atomic E-state index is 0.000477. The lowest BCUT2D eigenvalue weighted by atomic mass is 10.0. The maximum atomic E-state index is 13.3. The highest BCUT2D eigenvalue weighted by atomic mass is 19.1. The zero-order valence-electron chi connectivity index (χ0n) is 25.9. The van der Waals surface area contributed by atoms with Crippen molar-refractivity contribution in [1.29, 1.82) is 0 Å². The van der Waals surface area contributed by atoms with Crippen molar-refractivity contribution in [3.63, 3.8) is 0 Å². The van der Waals surface area contributed by atoms with Gasteiger partial charge in [-0.2, -0.15) is 0 Å². The van der Waals surface area contributed by atoms with Gasteiger partial charge >= 0.3 is 0 Å². The third-order valence-electron chi connectivity index (χ3n) is 7.13. The number of carbonyl (C=O) groups excluding carboxylic acids is 1. The molecule has 4 aromatic rings. The van der Waals surface area contributed by atoms with Gasteiger partial charge in [-0.1, -0.05) is 67.6 Å². The van der Waals surface area contributed by atoms with E-state index in [-0.39, 0.29) is 24.3 Å². The number of guanidine groups is 1. The van der Waals surface area contributed by atoms with Crippen molar-refractivity contribution in [1.82, 2.24) is 20.3 Å². The predicted octanol–water partition coefficient (Wildman–Crippen LogP) is 5.04. The molecule has 0 spiro atoms. The number of nitrogens with zero attached hydrogens (tertiary/aromatic N) is 4. The minimum Gasteiger partial charge on any atom is -0.493 e. The van der Waals surface area contributed by atoms with Gasteiger partial charge in [-0.15, -0.1) is 5.10 Å². The second kappa shape index (κ2) is 16.8. The topological polar surface area (TPSA) is 143 Å². The first-order valence-corrected chi connectivity index (χ1v) is 15.2. The summed E-state index contributed by atoms with van der Waals surface area (Å²) in [5.41, 5.74) is 14.3. The van der Waals surface area contributed by atoms with Gasteiger partial charge in [-0.3, -0.25) is 9.79 Å². The van der Waals surface area contributed by atoms with Crippen molar-refractivity contribution < 1.29 is 18.7 Å². The monoisotopic (exact) mass is 615 g/mol. The van der Waals surface area contributed by atoms with Gasteiger partial charge in [0.25, 0.3) is 0 Å². The van der Waals surface area contributed by atoms with Crippen molar-refractivity contribution in [2.24, 2.45) is 22.4 Å². The number of benzene rings is 3. The molecule has 0 radical (unpaired) electrons. The van der Waals surface area contributed by atoms with Crippen molar-refractivity contribution in [2.75, 3.05) is 19.7 Å². The number of nitrogens with two attached hydrogens (primary N) is 2. The number of hydrogen-bond acceptors (Lipinski definition) is 6. The van der Waals surface area contributed by atoms with Crippen LogP contribution in [0.4, 0.5) is 4.39 Å². The SMILES string of the molecule is CC(C)CCOc1ccccc1-c1ccccc1OCc1cn([C@H](CCCN=C(N)N)C(=O)NCCc2ccc(F)cc2)nn1. The molecule has 5 N–H and O–H groups in total. The van der Waals surface area contributed by atoms with Gasteiger partial charge in [-0.05, 0) is 61.4 Å². The molecule has 0 fully saturated rings. The number of rotatable bonds is 17. The van der Waals surface area contributed by atoms with Gasteiger partial charge in [0.2, 0.25) is 5.91 Å². The fraction of sp³-hybridized carbons (Fsp3) is 0.353. The van der Waals surface area contributed by atoms with E-state index in [1.165, 1.54) is 12.1 Å². The van der Waals surface area contributed by atoms with Crippen LogP contribution in [0.3, 0.4) is 0 Å². The largest absolute Gasteiger partial charge is 0.493 e. The second-order valence-electron chi connectivity index (χ2n) is 11.1. The first-order valence-electron chi connectivity index (χ1n) is 15.2. The van der Waals surface area contributed by atoms with Crippen LogP contribution in [-0.2, 0) is 17.8 Å². The molecule has 0 aliphatic heterocycles. The van der Waals surface area contributed by atoms with Crippen molar-refractivity contribution >= 4 is 11.9 Å². The number of nitrogens with one attached hydrogen (secondary N) is 1. The van der Waals surface area contributed by atoms with Gasteiger partial charge in [-0.25, -0.2) is 9.07 Å². The van der Waals surface area contributed by atoms with Crippen LogP contribution < -0.4 is 26.3 Å². The summed E-state index contributed by atoms with van der Waals surface area (Å²) in [5, 5.41) is 11.5. The quantitative estimate of drug-likeness (QED) is 0.0858. The van der Waals surface area contributed by atoms with Gasteiger partial charge in [0.15, 0.2) is 5.96 Å². The first-order chi connectivity index (χ1) is 21.8. The fourth-order valence-electron chi connectivity index (χ4n) is 4.69. The van der Waals surface area contributed by atoms with E-state index in [0.717, 1.165) is 28.9 Å². The highest BCUT2D eigenvalue weighted by Gasteiger charge is 2.22. The van der Waals surface area contributed by atoms with Crippen molar-refractivity contribution in [3.05, 3.63) is 96.1 Å². The number of aromatic nitrogens is 3. The van der Waals surface area contributed by atoms with Crippen LogP contribution in [0.5, 0.6) is 11.5 Å². The van der Waals surface area contributed by atoms with Crippen LogP contribution in [0.2, 0.25) is 0 Å². The summed E-state index contributed by atoms with van der Waals surface area (Å²) >= 11 is 0. The number of carbonyl (C=O) groups is 1. The average molecular weight is 616 g/mol. The molecule has 1 amide bonds. The lowest BCUT2D eigenvalue weighted by Gasteiger charge is -2.17. The van der Waals surface area contributed by atoms with Gasteiger partial charge < -0.3 is 26.3 Å². The van der Waals surface area contributed by atoms with Crippen LogP contribution in [0.15, 0.2) is 84.0 Å². The standard InChI is InChI=1S/C34H42FN7O3/c1-24(2)18-21-44-31-11-5-3-8-28(31)29-9-4-6-12-32(29)45-23-27-22-42(41-40-27)30(10-7-19-39-34(36)37)33(43)38-20-17-25-13-15-26(35)16-14-25/h3-6,8-9,11-16,22,24,30H,7,10,17-21,23H2,1-2H3,(H,38,43)(H4,36,37,39)/t30-/m1/s1. The Hall–Kier alpha value is -4.93. The summed E-state index contributed by atoms with van der Waals surface area (Å²) in [7, 11) is 0.